The summed E-state index contributed by atoms with van der Waals surface area (Å²) in [5.41, 5.74) is 0.305. The Morgan fingerprint density at radius 2 is 2.04 bits per heavy atom. The fraction of sp³-hybridized carbons (Fsp3) is 0.647. The second-order valence-electron chi connectivity index (χ2n) is 6.80. The monoisotopic (exact) mass is 348 g/mol. The van der Waals surface area contributed by atoms with Crippen molar-refractivity contribution < 1.29 is 19.1 Å². The normalized spacial score (nSPS) is 28.4. The predicted molar refractivity (Wildman–Crippen MR) is 90.3 cm³/mol. The van der Waals surface area contributed by atoms with Gasteiger partial charge in [0.25, 0.3) is 5.91 Å². The Balaban J connectivity index is 1.81. The quantitative estimate of drug-likeness (QED) is 0.749. The van der Waals surface area contributed by atoms with E-state index in [0.29, 0.717) is 17.9 Å². The number of methoxy groups -OCH3 is 1. The van der Waals surface area contributed by atoms with Crippen LogP contribution in [0.3, 0.4) is 0 Å². The molecular weight excluding hydrogens is 324 g/mol. The van der Waals surface area contributed by atoms with E-state index >= 15 is 0 Å². The zero-order chi connectivity index (χ0) is 18.1. The molecule has 0 aromatic carbocycles. The standard InChI is InChI=1S/C17H24N4O4/c1-10-5-7-13-12(9-14(25-13)17(23)24-4)21(10)16(22)11-6-8-15(19-18-11)20(2)3/h6,8,10,12-14H,5,7,9H2,1-4H3. The van der Waals surface area contributed by atoms with Crippen molar-refractivity contribution in [1.82, 2.24) is 15.1 Å². The van der Waals surface area contributed by atoms with Crippen molar-refractivity contribution in [2.45, 2.75) is 50.5 Å². The van der Waals surface area contributed by atoms with Gasteiger partial charge in [-0.05, 0) is 31.9 Å². The number of ether oxygens (including phenoxy) is 2. The first-order chi connectivity index (χ1) is 11.9. The first-order valence-electron chi connectivity index (χ1n) is 8.49. The summed E-state index contributed by atoms with van der Waals surface area (Å²) in [7, 11) is 5.08. The van der Waals surface area contributed by atoms with Gasteiger partial charge in [-0.15, -0.1) is 10.2 Å². The molecule has 8 heteroatoms. The average Bonchev–Trinajstić information content (AvgIpc) is 3.04. The molecule has 0 aliphatic carbocycles. The van der Waals surface area contributed by atoms with E-state index in [0.717, 1.165) is 12.8 Å². The van der Waals surface area contributed by atoms with Crippen LogP contribution in [0.25, 0.3) is 0 Å². The minimum absolute atomic E-state index is 0.0593. The van der Waals surface area contributed by atoms with Gasteiger partial charge in [-0.25, -0.2) is 4.79 Å². The highest BCUT2D eigenvalue weighted by Gasteiger charge is 2.48. The van der Waals surface area contributed by atoms with Crippen molar-refractivity contribution >= 4 is 17.7 Å². The number of piperidine rings is 1. The van der Waals surface area contributed by atoms with Gasteiger partial charge in [0, 0.05) is 26.6 Å². The van der Waals surface area contributed by atoms with Crippen LogP contribution in [-0.2, 0) is 14.3 Å². The first-order valence-corrected chi connectivity index (χ1v) is 8.49. The van der Waals surface area contributed by atoms with E-state index in [2.05, 4.69) is 10.2 Å². The van der Waals surface area contributed by atoms with E-state index in [1.165, 1.54) is 7.11 Å². The Labute approximate surface area is 147 Å². The molecule has 0 bridgehead atoms. The van der Waals surface area contributed by atoms with Crippen LogP contribution in [0.1, 0.15) is 36.7 Å². The van der Waals surface area contributed by atoms with Gasteiger partial charge in [0.15, 0.2) is 17.6 Å². The lowest BCUT2D eigenvalue weighted by Crippen LogP contribution is -2.53. The van der Waals surface area contributed by atoms with Gasteiger partial charge >= 0.3 is 5.97 Å². The molecule has 0 radical (unpaired) electrons. The number of hydrogen-bond donors (Lipinski definition) is 0. The number of nitrogens with zero attached hydrogens (tertiary/aromatic N) is 4. The molecule has 25 heavy (non-hydrogen) atoms. The lowest BCUT2D eigenvalue weighted by Gasteiger charge is -2.41. The van der Waals surface area contributed by atoms with Crippen LogP contribution in [0.4, 0.5) is 5.82 Å². The van der Waals surface area contributed by atoms with Gasteiger partial charge in [-0.3, -0.25) is 4.79 Å². The molecule has 1 amide bonds. The molecule has 0 N–H and O–H groups in total. The predicted octanol–water partition coefficient (Wildman–Crippen LogP) is 0.866. The van der Waals surface area contributed by atoms with Gasteiger partial charge in [-0.2, -0.15) is 0 Å². The summed E-state index contributed by atoms with van der Waals surface area (Å²) in [6.45, 7) is 2.02. The number of aromatic nitrogens is 2. The molecule has 3 heterocycles. The summed E-state index contributed by atoms with van der Waals surface area (Å²) in [5, 5.41) is 8.16. The number of anilines is 1. The summed E-state index contributed by atoms with van der Waals surface area (Å²) in [4.78, 5) is 28.5. The molecule has 4 atom stereocenters. The SMILES string of the molecule is COC(=O)C1CC2C(CCC(C)N2C(=O)c2ccc(N(C)C)nn2)O1. The molecule has 0 saturated carbocycles. The average molecular weight is 348 g/mol. The van der Waals surface area contributed by atoms with Crippen LogP contribution in [0.5, 0.6) is 0 Å². The lowest BCUT2D eigenvalue weighted by molar-refractivity contribution is -0.153. The second kappa shape index (κ2) is 6.95. The molecular formula is C17H24N4O4. The van der Waals surface area contributed by atoms with Crippen LogP contribution in [0.15, 0.2) is 12.1 Å². The van der Waals surface area contributed by atoms with Crippen LogP contribution < -0.4 is 4.90 Å². The van der Waals surface area contributed by atoms with E-state index in [1.54, 1.807) is 17.0 Å². The summed E-state index contributed by atoms with van der Waals surface area (Å²) >= 11 is 0. The smallest absolute Gasteiger partial charge is 0.335 e. The van der Waals surface area contributed by atoms with Gasteiger partial charge in [0.2, 0.25) is 0 Å². The van der Waals surface area contributed by atoms with Crippen LogP contribution >= 0.6 is 0 Å². The highest BCUT2D eigenvalue weighted by molar-refractivity contribution is 5.93. The van der Waals surface area contributed by atoms with E-state index in [-0.39, 0.29) is 30.1 Å². The Bertz CT molecular complexity index is 649. The molecule has 2 fully saturated rings. The molecule has 1 aromatic rings. The van der Waals surface area contributed by atoms with Gasteiger partial charge < -0.3 is 19.3 Å². The third kappa shape index (κ3) is 3.30. The van der Waals surface area contributed by atoms with Gasteiger partial charge in [0.1, 0.15) is 0 Å². The van der Waals surface area contributed by atoms with Gasteiger partial charge in [-0.1, -0.05) is 0 Å². The molecule has 1 aromatic heterocycles. The Hall–Kier alpha value is -2.22. The Morgan fingerprint density at radius 3 is 2.64 bits per heavy atom. The third-order valence-corrected chi connectivity index (χ3v) is 4.95. The molecule has 136 valence electrons. The number of esters is 1. The van der Waals surface area contributed by atoms with Crippen molar-refractivity contribution in [2.24, 2.45) is 0 Å². The van der Waals surface area contributed by atoms with Crippen molar-refractivity contribution in [3.63, 3.8) is 0 Å². The molecule has 8 nitrogen and oxygen atoms in total. The van der Waals surface area contributed by atoms with Crippen LogP contribution in [0.2, 0.25) is 0 Å². The second-order valence-corrected chi connectivity index (χ2v) is 6.80. The summed E-state index contributed by atoms with van der Waals surface area (Å²) in [6, 6.07) is 3.38. The first kappa shape index (κ1) is 17.6. The van der Waals surface area contributed by atoms with Crippen LogP contribution in [0, 0.1) is 0 Å². The number of hydrogen-bond acceptors (Lipinski definition) is 7. The molecule has 3 rings (SSSR count). The Kier molecular flexibility index (Phi) is 4.89. The van der Waals surface area contributed by atoms with Crippen LogP contribution in [-0.4, -0.2) is 72.5 Å². The van der Waals surface area contributed by atoms with E-state index in [9.17, 15) is 9.59 Å². The number of rotatable bonds is 3. The molecule has 0 spiro atoms. The van der Waals surface area contributed by atoms with Crippen molar-refractivity contribution in [2.75, 3.05) is 26.1 Å². The zero-order valence-electron chi connectivity index (χ0n) is 15.0. The third-order valence-electron chi connectivity index (χ3n) is 4.95. The number of carbonyl (C=O) groups excluding carboxylic acids is 2. The summed E-state index contributed by atoms with van der Waals surface area (Å²) < 4.78 is 10.6. The van der Waals surface area contributed by atoms with Gasteiger partial charge in [0.05, 0.1) is 19.3 Å². The highest BCUT2D eigenvalue weighted by Crippen LogP contribution is 2.36. The lowest BCUT2D eigenvalue weighted by atomic mass is 9.92. The molecule has 2 saturated heterocycles. The zero-order valence-corrected chi connectivity index (χ0v) is 15.0. The van der Waals surface area contributed by atoms with E-state index < -0.39 is 6.10 Å². The molecule has 2 aliphatic heterocycles. The topological polar surface area (TPSA) is 84.9 Å². The number of likely N-dealkylation sites (tertiary alicyclic amines) is 1. The van der Waals surface area contributed by atoms with E-state index in [1.807, 2.05) is 25.9 Å². The fourth-order valence-electron chi connectivity index (χ4n) is 3.60. The number of fused-ring (bicyclic) bond motifs is 1. The maximum Gasteiger partial charge on any atom is 0.335 e. The maximum absolute atomic E-state index is 13.0. The summed E-state index contributed by atoms with van der Waals surface area (Å²) in [6.07, 6.45) is 1.36. The van der Waals surface area contributed by atoms with E-state index in [4.69, 9.17) is 9.47 Å². The Morgan fingerprint density at radius 1 is 1.28 bits per heavy atom. The molecule has 4 unspecified atom stereocenters. The molecule has 2 aliphatic rings. The fourth-order valence-corrected chi connectivity index (χ4v) is 3.60. The van der Waals surface area contributed by atoms with Crippen molar-refractivity contribution in [3.8, 4) is 0 Å². The maximum atomic E-state index is 13.0. The van der Waals surface area contributed by atoms with Crippen molar-refractivity contribution in [3.05, 3.63) is 17.8 Å². The minimum Gasteiger partial charge on any atom is -0.467 e. The minimum atomic E-state index is -0.609. The van der Waals surface area contributed by atoms with Crippen molar-refractivity contribution in [1.29, 1.82) is 0 Å². The summed E-state index contributed by atoms with van der Waals surface area (Å²) in [5.74, 6) is 0.134. The highest BCUT2D eigenvalue weighted by atomic mass is 16.6. The number of carbonyl (C=O) groups is 2. The number of amides is 1. The largest absolute Gasteiger partial charge is 0.467 e.